The van der Waals surface area contributed by atoms with E-state index in [-0.39, 0.29) is 16.5 Å². The van der Waals surface area contributed by atoms with E-state index in [2.05, 4.69) is 9.97 Å². The number of aromatic carboxylic acids is 1. The summed E-state index contributed by atoms with van der Waals surface area (Å²) in [6.07, 6.45) is 0. The number of hydrogen-bond acceptors (Lipinski definition) is 2. The fourth-order valence-corrected chi connectivity index (χ4v) is 1.33. The minimum absolute atomic E-state index is 0. The van der Waals surface area contributed by atoms with Crippen LogP contribution in [-0.2, 0) is 0 Å². The van der Waals surface area contributed by atoms with Crippen LogP contribution >= 0.6 is 0 Å². The molecule has 6 N–H and O–H groups in total. The largest absolute Gasteiger partial charge is 0.478 e. The highest BCUT2D eigenvalue weighted by Gasteiger charge is 2.10. The van der Waals surface area contributed by atoms with E-state index in [9.17, 15) is 4.79 Å². The Morgan fingerprint density at radius 2 is 2.07 bits per heavy atom. The van der Waals surface area contributed by atoms with Gasteiger partial charge in [-0.1, -0.05) is 6.07 Å². The monoisotopic (exact) mass is 212 g/mol. The van der Waals surface area contributed by atoms with E-state index >= 15 is 0 Å². The van der Waals surface area contributed by atoms with Crippen molar-refractivity contribution in [3.05, 3.63) is 29.6 Å². The normalized spacial score (nSPS) is 9.13. The number of nitrogens with zero attached hydrogens (tertiary/aromatic N) is 1. The lowest BCUT2D eigenvalue weighted by molar-refractivity contribution is 0.0699. The molecule has 0 aliphatic rings. The van der Waals surface area contributed by atoms with Gasteiger partial charge >= 0.3 is 5.97 Å². The second-order valence-electron chi connectivity index (χ2n) is 2.83. The van der Waals surface area contributed by atoms with E-state index in [1.807, 2.05) is 6.07 Å². The molecule has 0 saturated carbocycles. The van der Waals surface area contributed by atoms with Crippen LogP contribution in [0, 0.1) is 6.92 Å². The van der Waals surface area contributed by atoms with E-state index in [4.69, 9.17) is 5.11 Å². The Morgan fingerprint density at radius 1 is 1.40 bits per heavy atom. The number of nitrogens with one attached hydrogen (secondary N) is 1. The average molecular weight is 212 g/mol. The van der Waals surface area contributed by atoms with Crippen LogP contribution in [0.1, 0.15) is 16.2 Å². The van der Waals surface area contributed by atoms with E-state index < -0.39 is 5.97 Å². The molecule has 0 unspecified atom stereocenters. The minimum Gasteiger partial charge on any atom is -0.478 e. The van der Waals surface area contributed by atoms with Crippen molar-refractivity contribution in [2.75, 3.05) is 0 Å². The van der Waals surface area contributed by atoms with Gasteiger partial charge in [-0.15, -0.1) is 0 Å². The fourth-order valence-electron chi connectivity index (χ4n) is 1.33. The number of aromatic nitrogens is 2. The summed E-state index contributed by atoms with van der Waals surface area (Å²) in [5.74, 6) is -0.221. The van der Waals surface area contributed by atoms with Gasteiger partial charge in [-0.2, -0.15) is 0 Å². The fraction of sp³-hybridized carbons (Fsp3) is 0.111. The third-order valence-electron chi connectivity index (χ3n) is 1.86. The van der Waals surface area contributed by atoms with Crippen molar-refractivity contribution in [2.24, 2.45) is 0 Å². The standard InChI is InChI=1S/C9H8N2O2.2H2O/c1-5-10-7-4-2-3-6(9(12)13)8(7)11-5;;/h2-4H,1H3,(H,10,11)(H,12,13);2*1H2. The molecular weight excluding hydrogens is 200 g/mol. The summed E-state index contributed by atoms with van der Waals surface area (Å²) in [7, 11) is 0. The first-order valence-electron chi connectivity index (χ1n) is 3.87. The number of fused-ring (bicyclic) bond motifs is 1. The number of imidazole rings is 1. The molecule has 0 bridgehead atoms. The lowest BCUT2D eigenvalue weighted by Crippen LogP contribution is -1.96. The molecule has 0 atom stereocenters. The van der Waals surface area contributed by atoms with Crippen LogP contribution in [0.25, 0.3) is 11.0 Å². The summed E-state index contributed by atoms with van der Waals surface area (Å²) in [4.78, 5) is 17.8. The van der Waals surface area contributed by atoms with Crippen LogP contribution in [0.15, 0.2) is 18.2 Å². The van der Waals surface area contributed by atoms with Crippen molar-refractivity contribution in [2.45, 2.75) is 6.92 Å². The van der Waals surface area contributed by atoms with Crippen molar-refractivity contribution in [3.8, 4) is 0 Å². The number of H-pyrrole nitrogens is 1. The number of carbonyl (C=O) groups is 1. The van der Waals surface area contributed by atoms with Crippen molar-refractivity contribution in [3.63, 3.8) is 0 Å². The van der Waals surface area contributed by atoms with E-state index in [1.54, 1.807) is 19.1 Å². The second-order valence-corrected chi connectivity index (χ2v) is 2.83. The summed E-state index contributed by atoms with van der Waals surface area (Å²) >= 11 is 0. The highest BCUT2D eigenvalue weighted by atomic mass is 16.4. The Kier molecular flexibility index (Phi) is 3.96. The third kappa shape index (κ3) is 2.12. The van der Waals surface area contributed by atoms with Crippen LogP contribution in [0.4, 0.5) is 0 Å². The number of aryl methyl sites for hydroxylation is 1. The van der Waals surface area contributed by atoms with E-state index in [0.717, 1.165) is 11.3 Å². The lowest BCUT2D eigenvalue weighted by atomic mass is 10.2. The quantitative estimate of drug-likeness (QED) is 0.685. The number of para-hydroxylation sites is 1. The van der Waals surface area contributed by atoms with Gasteiger partial charge in [0.05, 0.1) is 11.1 Å². The Morgan fingerprint density at radius 3 is 2.67 bits per heavy atom. The van der Waals surface area contributed by atoms with Crippen LogP contribution < -0.4 is 0 Å². The first-order chi connectivity index (χ1) is 6.18. The molecular formula is C9H12N2O4. The Bertz CT molecular complexity index is 478. The minimum atomic E-state index is -0.947. The van der Waals surface area contributed by atoms with Crippen molar-refractivity contribution in [1.82, 2.24) is 9.97 Å². The number of carboxylic acids is 1. The molecule has 0 radical (unpaired) electrons. The van der Waals surface area contributed by atoms with Gasteiger partial charge in [0, 0.05) is 0 Å². The predicted octanol–water partition coefficient (Wildman–Crippen LogP) is -0.0799. The highest BCUT2D eigenvalue weighted by Crippen LogP contribution is 2.15. The number of rotatable bonds is 1. The molecule has 0 spiro atoms. The van der Waals surface area contributed by atoms with Gasteiger partial charge in [0.25, 0.3) is 0 Å². The second kappa shape index (κ2) is 4.54. The molecule has 2 aromatic rings. The van der Waals surface area contributed by atoms with Gasteiger partial charge in [0.2, 0.25) is 0 Å². The topological polar surface area (TPSA) is 129 Å². The van der Waals surface area contributed by atoms with Gasteiger partial charge in [0.1, 0.15) is 11.3 Å². The van der Waals surface area contributed by atoms with Gasteiger partial charge < -0.3 is 21.0 Å². The van der Waals surface area contributed by atoms with Crippen molar-refractivity contribution >= 4 is 17.0 Å². The van der Waals surface area contributed by atoms with Gasteiger partial charge in [-0.25, -0.2) is 9.78 Å². The summed E-state index contributed by atoms with van der Waals surface area (Å²) in [6.45, 7) is 1.80. The first-order valence-corrected chi connectivity index (χ1v) is 3.87. The zero-order valence-electron chi connectivity index (χ0n) is 8.03. The molecule has 82 valence electrons. The molecule has 0 aliphatic heterocycles. The lowest BCUT2D eigenvalue weighted by Gasteiger charge is -1.93. The van der Waals surface area contributed by atoms with Crippen molar-refractivity contribution in [1.29, 1.82) is 0 Å². The number of benzene rings is 1. The average Bonchev–Trinajstić information content (AvgIpc) is 2.43. The van der Waals surface area contributed by atoms with Crippen molar-refractivity contribution < 1.29 is 20.9 Å². The van der Waals surface area contributed by atoms with Crippen LogP contribution in [-0.4, -0.2) is 32.0 Å². The molecule has 6 nitrogen and oxygen atoms in total. The molecule has 0 aliphatic carbocycles. The molecule has 1 aromatic carbocycles. The Balaban J connectivity index is 0.000000980. The zero-order chi connectivity index (χ0) is 9.42. The van der Waals surface area contributed by atoms with E-state index in [0.29, 0.717) is 5.52 Å². The Labute approximate surface area is 85.2 Å². The van der Waals surface area contributed by atoms with Gasteiger partial charge in [-0.3, -0.25) is 0 Å². The summed E-state index contributed by atoms with van der Waals surface area (Å²) < 4.78 is 0. The summed E-state index contributed by atoms with van der Waals surface area (Å²) in [6, 6.07) is 5.05. The van der Waals surface area contributed by atoms with Crippen LogP contribution in [0.5, 0.6) is 0 Å². The molecule has 2 rings (SSSR count). The van der Waals surface area contributed by atoms with Gasteiger partial charge in [-0.05, 0) is 19.1 Å². The molecule has 6 heteroatoms. The smallest absolute Gasteiger partial charge is 0.337 e. The maximum Gasteiger partial charge on any atom is 0.337 e. The first kappa shape index (κ1) is 13.1. The van der Waals surface area contributed by atoms with E-state index in [1.165, 1.54) is 0 Å². The zero-order valence-corrected chi connectivity index (χ0v) is 8.03. The molecule has 0 saturated heterocycles. The molecule has 0 fully saturated rings. The SMILES string of the molecule is Cc1nc2c(C(=O)O)cccc2[nH]1.O.O. The summed E-state index contributed by atoms with van der Waals surface area (Å²) in [5, 5.41) is 8.84. The highest BCUT2D eigenvalue weighted by molar-refractivity contribution is 6.00. The molecule has 1 heterocycles. The third-order valence-corrected chi connectivity index (χ3v) is 1.86. The summed E-state index contributed by atoms with van der Waals surface area (Å²) in [5.41, 5.74) is 1.52. The molecule has 1 aromatic heterocycles. The maximum atomic E-state index is 10.8. The van der Waals surface area contributed by atoms with Crippen LogP contribution in [0.2, 0.25) is 0 Å². The number of hydrogen-bond donors (Lipinski definition) is 2. The van der Waals surface area contributed by atoms with Crippen LogP contribution in [0.3, 0.4) is 0 Å². The molecule has 15 heavy (non-hydrogen) atoms. The van der Waals surface area contributed by atoms with Gasteiger partial charge in [0.15, 0.2) is 0 Å². The number of aromatic amines is 1. The Hall–Kier alpha value is -1.92. The predicted molar refractivity (Wildman–Crippen MR) is 55.0 cm³/mol. The molecule has 0 amide bonds. The maximum absolute atomic E-state index is 10.8. The number of carboxylic acid groups (broad SMARTS) is 1.